The first-order chi connectivity index (χ1) is 13.7. The van der Waals surface area contributed by atoms with Crippen LogP contribution >= 0.6 is 0 Å². The Morgan fingerprint density at radius 3 is 3.04 bits per heavy atom. The lowest BCUT2D eigenvalue weighted by molar-refractivity contribution is 0.0793. The van der Waals surface area contributed by atoms with Crippen LogP contribution in [0.25, 0.3) is 17.0 Å². The third-order valence-corrected chi connectivity index (χ3v) is 4.71. The number of aromatic nitrogens is 4. The van der Waals surface area contributed by atoms with Crippen molar-refractivity contribution in [2.75, 3.05) is 31.6 Å². The van der Waals surface area contributed by atoms with Gasteiger partial charge in [0.2, 0.25) is 5.88 Å². The minimum atomic E-state index is -2.55. The highest BCUT2D eigenvalue weighted by atomic mass is 19.3. The highest BCUT2D eigenvalue weighted by molar-refractivity contribution is 5.61. The molecule has 28 heavy (non-hydrogen) atoms. The topological polar surface area (TPSA) is 76.4 Å². The SMILES string of the molecule is FC(F)COc1cn2c(-c3cccc(NC[C@@H]4CCCNC4)n3)cnc2cn1. The fourth-order valence-corrected chi connectivity index (χ4v) is 3.31. The normalized spacial score (nSPS) is 17.2. The monoisotopic (exact) mass is 388 g/mol. The van der Waals surface area contributed by atoms with E-state index in [2.05, 4.69) is 25.6 Å². The van der Waals surface area contributed by atoms with E-state index in [9.17, 15) is 8.78 Å². The van der Waals surface area contributed by atoms with Crippen LogP contribution in [0, 0.1) is 5.92 Å². The van der Waals surface area contributed by atoms with E-state index in [1.165, 1.54) is 19.0 Å². The molecule has 0 bridgehead atoms. The number of fused-ring (bicyclic) bond motifs is 1. The summed E-state index contributed by atoms with van der Waals surface area (Å²) in [5, 5.41) is 6.82. The number of pyridine rings is 1. The number of alkyl halides is 2. The molecule has 0 amide bonds. The van der Waals surface area contributed by atoms with Crippen molar-refractivity contribution in [3.8, 4) is 17.3 Å². The number of nitrogens with one attached hydrogen (secondary N) is 2. The quantitative estimate of drug-likeness (QED) is 0.648. The van der Waals surface area contributed by atoms with Gasteiger partial charge < -0.3 is 15.4 Å². The number of hydrogen-bond donors (Lipinski definition) is 2. The van der Waals surface area contributed by atoms with E-state index < -0.39 is 13.0 Å². The van der Waals surface area contributed by atoms with Gasteiger partial charge in [0.05, 0.1) is 30.0 Å². The molecule has 3 aromatic rings. The summed E-state index contributed by atoms with van der Waals surface area (Å²) in [7, 11) is 0. The van der Waals surface area contributed by atoms with E-state index in [4.69, 9.17) is 4.74 Å². The Labute approximate surface area is 161 Å². The maximum absolute atomic E-state index is 12.4. The van der Waals surface area contributed by atoms with Crippen molar-refractivity contribution in [2.45, 2.75) is 19.3 Å². The van der Waals surface area contributed by atoms with Crippen molar-refractivity contribution in [2.24, 2.45) is 5.92 Å². The Morgan fingerprint density at radius 2 is 2.21 bits per heavy atom. The zero-order valence-corrected chi connectivity index (χ0v) is 15.3. The molecule has 0 radical (unpaired) electrons. The maximum Gasteiger partial charge on any atom is 0.272 e. The van der Waals surface area contributed by atoms with Crippen LogP contribution in [0.15, 0.2) is 36.8 Å². The molecular formula is C19H22F2N6O. The standard InChI is InChI=1S/C19H22F2N6O/c20-16(21)12-28-19-11-27-15(9-24-18(27)10-25-19)14-4-1-5-17(26-14)23-8-13-3-2-6-22-7-13/h1,4-5,9-11,13,16,22H,2-3,6-8,12H2,(H,23,26)/t13-/m1/s1. The lowest BCUT2D eigenvalue weighted by Gasteiger charge is -2.23. The summed E-state index contributed by atoms with van der Waals surface area (Å²) in [6.07, 6.45) is 4.58. The molecule has 1 atom stereocenters. The molecule has 0 unspecified atom stereocenters. The molecule has 0 aromatic carbocycles. The van der Waals surface area contributed by atoms with Crippen molar-refractivity contribution in [3.05, 3.63) is 36.8 Å². The summed E-state index contributed by atoms with van der Waals surface area (Å²) in [5.41, 5.74) is 2.06. The summed E-state index contributed by atoms with van der Waals surface area (Å²) in [4.78, 5) is 13.0. The molecule has 1 aliphatic heterocycles. The number of imidazole rings is 1. The minimum Gasteiger partial charge on any atom is -0.471 e. The molecule has 4 heterocycles. The first-order valence-corrected chi connectivity index (χ1v) is 9.35. The van der Waals surface area contributed by atoms with Gasteiger partial charge in [-0.05, 0) is 44.0 Å². The Hall–Kier alpha value is -2.81. The van der Waals surface area contributed by atoms with Gasteiger partial charge in [-0.3, -0.25) is 4.40 Å². The van der Waals surface area contributed by atoms with Crippen LogP contribution in [-0.2, 0) is 0 Å². The number of halogens is 2. The molecule has 1 fully saturated rings. The summed E-state index contributed by atoms with van der Waals surface area (Å²) in [5.74, 6) is 1.50. The average molecular weight is 388 g/mol. The number of ether oxygens (including phenoxy) is 1. The molecule has 9 heteroatoms. The van der Waals surface area contributed by atoms with Crippen LogP contribution in [0.5, 0.6) is 5.88 Å². The summed E-state index contributed by atoms with van der Waals surface area (Å²) in [6, 6.07) is 5.75. The van der Waals surface area contributed by atoms with Crippen molar-refractivity contribution in [1.82, 2.24) is 24.7 Å². The third kappa shape index (κ3) is 4.36. The van der Waals surface area contributed by atoms with Crippen molar-refractivity contribution >= 4 is 11.5 Å². The minimum absolute atomic E-state index is 0.117. The van der Waals surface area contributed by atoms with Crippen LogP contribution in [0.4, 0.5) is 14.6 Å². The van der Waals surface area contributed by atoms with Crippen LogP contribution in [0.2, 0.25) is 0 Å². The third-order valence-electron chi connectivity index (χ3n) is 4.71. The van der Waals surface area contributed by atoms with Crippen molar-refractivity contribution in [1.29, 1.82) is 0 Å². The van der Waals surface area contributed by atoms with Gasteiger partial charge in [0, 0.05) is 6.54 Å². The van der Waals surface area contributed by atoms with Crippen LogP contribution in [0.1, 0.15) is 12.8 Å². The van der Waals surface area contributed by atoms with Crippen LogP contribution in [0.3, 0.4) is 0 Å². The zero-order valence-electron chi connectivity index (χ0n) is 15.3. The smallest absolute Gasteiger partial charge is 0.272 e. The molecule has 0 spiro atoms. The number of anilines is 1. The van der Waals surface area contributed by atoms with Gasteiger partial charge in [-0.2, -0.15) is 0 Å². The van der Waals surface area contributed by atoms with Gasteiger partial charge >= 0.3 is 0 Å². The molecule has 7 nitrogen and oxygen atoms in total. The van der Waals surface area contributed by atoms with Gasteiger partial charge in [-0.1, -0.05) is 6.07 Å². The molecule has 3 aromatic heterocycles. The second kappa shape index (κ2) is 8.47. The summed E-state index contributed by atoms with van der Waals surface area (Å²) in [6.45, 7) is 2.28. The summed E-state index contributed by atoms with van der Waals surface area (Å²) < 4.78 is 31.5. The van der Waals surface area contributed by atoms with Gasteiger partial charge in [-0.15, -0.1) is 0 Å². The number of piperidine rings is 1. The van der Waals surface area contributed by atoms with E-state index >= 15 is 0 Å². The van der Waals surface area contributed by atoms with Gasteiger partial charge in [-0.25, -0.2) is 23.7 Å². The molecule has 0 saturated carbocycles. The maximum atomic E-state index is 12.4. The first kappa shape index (κ1) is 18.5. The van der Waals surface area contributed by atoms with Gasteiger partial charge in [0.15, 0.2) is 12.3 Å². The number of rotatable bonds is 7. The molecule has 2 N–H and O–H groups in total. The number of nitrogens with zero attached hydrogens (tertiary/aromatic N) is 4. The molecule has 4 rings (SSSR count). The highest BCUT2D eigenvalue weighted by Gasteiger charge is 2.14. The van der Waals surface area contributed by atoms with Gasteiger partial charge in [0.1, 0.15) is 5.82 Å². The fraction of sp³-hybridized carbons (Fsp3) is 0.421. The molecular weight excluding hydrogens is 366 g/mol. The molecule has 0 aliphatic carbocycles. The fourth-order valence-electron chi connectivity index (χ4n) is 3.31. The largest absolute Gasteiger partial charge is 0.471 e. The van der Waals surface area contributed by atoms with Crippen molar-refractivity contribution in [3.63, 3.8) is 0 Å². The van der Waals surface area contributed by atoms with Gasteiger partial charge in [0.25, 0.3) is 6.43 Å². The highest BCUT2D eigenvalue weighted by Crippen LogP contribution is 2.22. The zero-order chi connectivity index (χ0) is 19.3. The average Bonchev–Trinajstić information content (AvgIpc) is 3.15. The van der Waals surface area contributed by atoms with E-state index in [1.54, 1.807) is 16.8 Å². The van der Waals surface area contributed by atoms with E-state index in [1.807, 2.05) is 18.2 Å². The second-order valence-corrected chi connectivity index (χ2v) is 6.80. The van der Waals surface area contributed by atoms with Crippen molar-refractivity contribution < 1.29 is 13.5 Å². The van der Waals surface area contributed by atoms with Crippen LogP contribution < -0.4 is 15.4 Å². The molecule has 1 aliphatic rings. The first-order valence-electron chi connectivity index (χ1n) is 9.35. The van der Waals surface area contributed by atoms with E-state index in [0.29, 0.717) is 11.6 Å². The second-order valence-electron chi connectivity index (χ2n) is 6.80. The number of hydrogen-bond acceptors (Lipinski definition) is 6. The molecule has 148 valence electrons. The predicted octanol–water partition coefficient (Wildman–Crippen LogP) is 2.85. The Bertz CT molecular complexity index is 926. The summed E-state index contributed by atoms with van der Waals surface area (Å²) >= 11 is 0. The Morgan fingerprint density at radius 1 is 1.29 bits per heavy atom. The predicted molar refractivity (Wildman–Crippen MR) is 102 cm³/mol. The van der Waals surface area contributed by atoms with E-state index in [0.717, 1.165) is 36.8 Å². The Balaban J connectivity index is 1.53. The Kier molecular flexibility index (Phi) is 5.61. The molecule has 1 saturated heterocycles. The lowest BCUT2D eigenvalue weighted by atomic mass is 10.00. The lowest BCUT2D eigenvalue weighted by Crippen LogP contribution is -2.33. The van der Waals surface area contributed by atoms with E-state index in [-0.39, 0.29) is 5.88 Å². The van der Waals surface area contributed by atoms with Crippen LogP contribution in [-0.4, -0.2) is 52.0 Å².